The van der Waals surface area contributed by atoms with Gasteiger partial charge < -0.3 is 57.0 Å². The van der Waals surface area contributed by atoms with Gasteiger partial charge in [-0.1, -0.05) is 57.5 Å². The number of hydrogen-bond acceptors (Lipinski definition) is 10. The van der Waals surface area contributed by atoms with Crippen molar-refractivity contribution >= 4 is 35.9 Å². The maximum absolute atomic E-state index is 14.9. The summed E-state index contributed by atoms with van der Waals surface area (Å²) in [6.45, 7) is 6.64. The number of amides is 3. The Kier molecular flexibility index (Phi) is 25.5. The Morgan fingerprint density at radius 1 is 0.862 bits per heavy atom. The molecule has 2 aromatic carbocycles. The topological polar surface area (TPSA) is 259 Å². The molecule has 10 N–H and O–H groups in total. The van der Waals surface area contributed by atoms with E-state index in [-0.39, 0.29) is 43.9 Å². The molecular weight excluding hydrogens is 866 g/mol. The highest BCUT2D eigenvalue weighted by molar-refractivity contribution is 5.82. The maximum atomic E-state index is 14.9. The molecule has 65 heavy (non-hydrogen) atoms. The Morgan fingerprint density at radius 2 is 1.49 bits per heavy atom. The molecule has 1 aromatic heterocycles. The zero-order valence-electron chi connectivity index (χ0n) is 37.0. The van der Waals surface area contributed by atoms with Crippen molar-refractivity contribution < 1.29 is 66.0 Å². The van der Waals surface area contributed by atoms with E-state index in [1.54, 1.807) is 12.3 Å². The number of aliphatic carboxylic acids is 2. The third-order valence-corrected chi connectivity index (χ3v) is 9.47. The van der Waals surface area contributed by atoms with Crippen LogP contribution in [0.1, 0.15) is 83.0 Å². The lowest BCUT2D eigenvalue weighted by Gasteiger charge is -2.41. The van der Waals surface area contributed by atoms with Gasteiger partial charge in [0.05, 0.1) is 12.1 Å². The molecular formula is C44H62F5N7O9. The third-order valence-electron chi connectivity index (χ3n) is 9.47. The lowest BCUT2D eigenvalue weighted by Crippen LogP contribution is -2.48. The second-order valence-electron chi connectivity index (χ2n) is 15.8. The monoisotopic (exact) mass is 927 g/mol. The van der Waals surface area contributed by atoms with Gasteiger partial charge in [-0.3, -0.25) is 19.2 Å². The Morgan fingerprint density at radius 3 is 2.05 bits per heavy atom. The van der Waals surface area contributed by atoms with E-state index in [1.807, 2.05) is 62.7 Å². The Bertz CT molecular complexity index is 1960. The number of halogens is 5. The van der Waals surface area contributed by atoms with Gasteiger partial charge in [0.25, 0.3) is 0 Å². The van der Waals surface area contributed by atoms with Crippen LogP contribution in [-0.2, 0) is 35.3 Å². The molecule has 3 aromatic rings. The van der Waals surface area contributed by atoms with Crippen molar-refractivity contribution in [3.05, 3.63) is 83.7 Å². The van der Waals surface area contributed by atoms with Crippen LogP contribution >= 0.6 is 0 Å². The molecule has 0 radical (unpaired) electrons. The van der Waals surface area contributed by atoms with Gasteiger partial charge in [-0.25, -0.2) is 13.6 Å². The minimum atomic E-state index is -5.08. The fraction of sp³-hybridized carbons (Fsp3) is 0.500. The first-order valence-electron chi connectivity index (χ1n) is 20.7. The molecule has 0 fully saturated rings. The summed E-state index contributed by atoms with van der Waals surface area (Å²) in [5.74, 6) is -6.13. The summed E-state index contributed by atoms with van der Waals surface area (Å²) in [5, 5.41) is 33.8. The summed E-state index contributed by atoms with van der Waals surface area (Å²) < 4.78 is 62.8. The molecule has 3 atom stereocenters. The van der Waals surface area contributed by atoms with E-state index in [0.29, 0.717) is 37.1 Å². The summed E-state index contributed by atoms with van der Waals surface area (Å²) in [5.41, 5.74) is 12.9. The van der Waals surface area contributed by atoms with Crippen molar-refractivity contribution in [1.82, 2.24) is 25.4 Å². The van der Waals surface area contributed by atoms with E-state index in [1.165, 1.54) is 4.90 Å². The number of carboxylic acid groups (broad SMARTS) is 2. The molecule has 0 spiro atoms. The highest BCUT2D eigenvalue weighted by atomic mass is 19.4. The molecule has 362 valence electrons. The predicted molar refractivity (Wildman–Crippen MR) is 232 cm³/mol. The number of aliphatic hydroxyl groups is 1. The number of benzene rings is 2. The second-order valence-corrected chi connectivity index (χ2v) is 15.8. The molecule has 0 aliphatic rings. The van der Waals surface area contributed by atoms with E-state index >= 15 is 0 Å². The normalized spacial score (nSPS) is 12.6. The minimum Gasteiger partial charge on any atom is -0.480 e. The summed E-state index contributed by atoms with van der Waals surface area (Å²) >= 11 is 0. The lowest BCUT2D eigenvalue weighted by atomic mass is 9.82. The Labute approximate surface area is 374 Å². The van der Waals surface area contributed by atoms with Gasteiger partial charge in [-0.15, -0.1) is 0 Å². The van der Waals surface area contributed by atoms with Gasteiger partial charge in [0.15, 0.2) is 0 Å². The number of nitrogens with two attached hydrogens (primary N) is 2. The first kappa shape index (κ1) is 57.2. The molecule has 0 saturated heterocycles. The quantitative estimate of drug-likeness (QED) is 0.0380. The number of rotatable bonds is 23. The SMILES string of the molecule is CC(C)(C)C(c1cc(-c2cc(F)ccc2F)cn1Cc1ccccc1)N(CCC(N)C(=O)NCCNC(=O)CCCC=O)C(=O)CO.CNCCCCC(N)C(=O)O.O=C(O)C(F)(F)F. The number of nitrogens with zero attached hydrogens (tertiary/aromatic N) is 2. The highest BCUT2D eigenvalue weighted by Crippen LogP contribution is 2.41. The van der Waals surface area contributed by atoms with Gasteiger partial charge in [-0.2, -0.15) is 13.2 Å². The van der Waals surface area contributed by atoms with Crippen LogP contribution in [0.25, 0.3) is 11.1 Å². The minimum absolute atomic E-state index is 0.0174. The number of carbonyl (C=O) groups is 6. The molecule has 1 heterocycles. The summed E-state index contributed by atoms with van der Waals surface area (Å²) in [6, 6.07) is 12.2. The van der Waals surface area contributed by atoms with Gasteiger partial charge in [-0.05, 0) is 74.5 Å². The van der Waals surface area contributed by atoms with E-state index in [2.05, 4.69) is 16.0 Å². The van der Waals surface area contributed by atoms with Crippen molar-refractivity contribution in [1.29, 1.82) is 0 Å². The number of aldehydes is 1. The zero-order chi connectivity index (χ0) is 49.3. The predicted octanol–water partition coefficient (Wildman–Crippen LogP) is 4.13. The van der Waals surface area contributed by atoms with Crippen LogP contribution in [-0.4, -0.2) is 119 Å². The number of hydrogen-bond donors (Lipinski definition) is 8. The van der Waals surface area contributed by atoms with Crippen molar-refractivity contribution in [2.45, 2.75) is 96.6 Å². The standard InChI is InChI=1S/C35H45F2N5O5.C7H16N2O2.C2HF3O2/c1-35(2,3)33(42(32(46)23-44)17-14-29(38)34(47)40-16-15-39-31(45)11-7-8-18-43)30-19-25(27-20-26(36)12-13-28(27)37)22-41(30)21-24-9-5-4-6-10-24;1-9-5-3-2-4-6(8)7(10)11;3-2(4,5)1(6)7/h4-6,9-10,12-13,18-20,22,29,33,44H,7-8,11,14-17,21,23,38H2,1-3H3,(H,39,45)(H,40,47);6,9H,2-5,8H2,1H3,(H,10,11);(H,6,7). The Balaban J connectivity index is 0.000000979. The average Bonchev–Trinajstić information content (AvgIpc) is 3.64. The number of carboxylic acids is 2. The summed E-state index contributed by atoms with van der Waals surface area (Å²) in [7, 11) is 1.87. The Hall–Kier alpha value is -5.77. The van der Waals surface area contributed by atoms with Gasteiger partial charge in [0.2, 0.25) is 17.7 Å². The van der Waals surface area contributed by atoms with E-state index in [9.17, 15) is 51.0 Å². The van der Waals surface area contributed by atoms with Crippen molar-refractivity contribution in [2.75, 3.05) is 39.8 Å². The van der Waals surface area contributed by atoms with E-state index < -0.39 is 71.7 Å². The molecule has 0 bridgehead atoms. The second kappa shape index (κ2) is 28.9. The van der Waals surface area contributed by atoms with Crippen LogP contribution in [0.4, 0.5) is 22.0 Å². The zero-order valence-corrected chi connectivity index (χ0v) is 37.0. The van der Waals surface area contributed by atoms with Gasteiger partial charge >= 0.3 is 18.1 Å². The number of alkyl halides is 3. The molecule has 0 aliphatic carbocycles. The van der Waals surface area contributed by atoms with Crippen LogP contribution < -0.4 is 27.4 Å². The number of aromatic nitrogens is 1. The van der Waals surface area contributed by atoms with Crippen molar-refractivity contribution in [2.24, 2.45) is 16.9 Å². The number of unbranched alkanes of at least 4 members (excludes halogenated alkanes) is 2. The molecule has 0 aliphatic heterocycles. The van der Waals surface area contributed by atoms with Crippen molar-refractivity contribution in [3.8, 4) is 11.1 Å². The average molecular weight is 928 g/mol. The highest BCUT2D eigenvalue weighted by Gasteiger charge is 2.39. The third kappa shape index (κ3) is 21.6. The van der Waals surface area contributed by atoms with Gasteiger partial charge in [0, 0.05) is 62.0 Å². The van der Waals surface area contributed by atoms with Gasteiger partial charge in [0.1, 0.15) is 30.6 Å². The van der Waals surface area contributed by atoms with Crippen LogP contribution in [0.3, 0.4) is 0 Å². The molecule has 3 amide bonds. The van der Waals surface area contributed by atoms with E-state index in [4.69, 9.17) is 26.5 Å². The number of carbonyl (C=O) groups excluding carboxylic acids is 4. The van der Waals surface area contributed by atoms with Crippen LogP contribution in [0.2, 0.25) is 0 Å². The van der Waals surface area contributed by atoms with Crippen LogP contribution in [0.5, 0.6) is 0 Å². The first-order valence-corrected chi connectivity index (χ1v) is 20.7. The molecule has 0 saturated carbocycles. The molecule has 3 unspecified atom stereocenters. The molecule has 21 heteroatoms. The fourth-order valence-electron chi connectivity index (χ4n) is 6.25. The van der Waals surface area contributed by atoms with E-state index in [0.717, 1.165) is 49.4 Å². The first-order chi connectivity index (χ1) is 30.5. The largest absolute Gasteiger partial charge is 0.490 e. The molecule has 3 rings (SSSR count). The molecule has 16 nitrogen and oxygen atoms in total. The number of aliphatic hydroxyl groups excluding tert-OH is 1. The number of nitrogens with one attached hydrogen (secondary N) is 3. The fourth-order valence-corrected chi connectivity index (χ4v) is 6.25. The van der Waals surface area contributed by atoms with Crippen LogP contribution in [0, 0.1) is 17.0 Å². The maximum Gasteiger partial charge on any atom is 0.490 e. The van der Waals surface area contributed by atoms with Crippen molar-refractivity contribution in [3.63, 3.8) is 0 Å². The smallest absolute Gasteiger partial charge is 0.480 e. The summed E-state index contributed by atoms with van der Waals surface area (Å²) in [6.07, 6.45) is 0.836. The summed E-state index contributed by atoms with van der Waals surface area (Å²) in [4.78, 5) is 68.9. The lowest BCUT2D eigenvalue weighted by molar-refractivity contribution is -0.192. The van der Waals surface area contributed by atoms with Crippen LogP contribution in [0.15, 0.2) is 60.8 Å².